The van der Waals surface area contributed by atoms with Crippen LogP contribution in [0.3, 0.4) is 0 Å². The van der Waals surface area contributed by atoms with Crippen molar-refractivity contribution in [2.45, 2.75) is 6.42 Å². The fraction of sp³-hybridized carbons (Fsp3) is 0.333. The van der Waals surface area contributed by atoms with E-state index in [1.165, 1.54) is 11.3 Å². The van der Waals surface area contributed by atoms with Crippen LogP contribution < -0.4 is 10.1 Å². The molecule has 0 aromatic heterocycles. The standard InChI is InChI=1S/C9H11NO/c1-11-8-4-2-3-7-5-6-10-9(7)8/h2-4,10H,5-6H2,1H3. The van der Waals surface area contributed by atoms with E-state index < -0.39 is 0 Å². The third-order valence-electron chi connectivity index (χ3n) is 2.03. The molecule has 0 amide bonds. The molecule has 1 aromatic carbocycles. The number of rotatable bonds is 1. The highest BCUT2D eigenvalue weighted by Gasteiger charge is 2.12. The monoisotopic (exact) mass is 149 g/mol. The van der Waals surface area contributed by atoms with Crippen molar-refractivity contribution in [1.29, 1.82) is 0 Å². The zero-order valence-corrected chi connectivity index (χ0v) is 6.55. The van der Waals surface area contributed by atoms with Crippen molar-refractivity contribution in [1.82, 2.24) is 0 Å². The second-order valence-corrected chi connectivity index (χ2v) is 2.67. The van der Waals surface area contributed by atoms with E-state index in [4.69, 9.17) is 4.74 Å². The molecule has 0 bridgehead atoms. The minimum atomic E-state index is 0.958. The zero-order valence-electron chi connectivity index (χ0n) is 6.55. The van der Waals surface area contributed by atoms with Crippen LogP contribution in [0, 0.1) is 0 Å². The van der Waals surface area contributed by atoms with Gasteiger partial charge in [-0.25, -0.2) is 0 Å². The van der Waals surface area contributed by atoms with E-state index in [2.05, 4.69) is 11.4 Å². The molecular formula is C9H11NO. The van der Waals surface area contributed by atoms with Gasteiger partial charge in [-0.05, 0) is 18.1 Å². The molecule has 2 nitrogen and oxygen atoms in total. The molecule has 1 aliphatic rings. The van der Waals surface area contributed by atoms with Gasteiger partial charge in [-0.2, -0.15) is 0 Å². The highest BCUT2D eigenvalue weighted by molar-refractivity contribution is 5.64. The largest absolute Gasteiger partial charge is 0.495 e. The molecule has 0 saturated carbocycles. The van der Waals surface area contributed by atoms with Crippen molar-refractivity contribution in [3.05, 3.63) is 23.8 Å². The number of ether oxygens (including phenoxy) is 1. The van der Waals surface area contributed by atoms with Crippen LogP contribution in [0.15, 0.2) is 18.2 Å². The summed E-state index contributed by atoms with van der Waals surface area (Å²) < 4.78 is 5.19. The summed E-state index contributed by atoms with van der Waals surface area (Å²) >= 11 is 0. The van der Waals surface area contributed by atoms with Crippen molar-refractivity contribution in [3.8, 4) is 5.75 Å². The topological polar surface area (TPSA) is 21.3 Å². The molecule has 0 radical (unpaired) electrons. The number of benzene rings is 1. The van der Waals surface area contributed by atoms with Crippen LogP contribution >= 0.6 is 0 Å². The number of para-hydroxylation sites is 1. The number of methoxy groups -OCH3 is 1. The summed E-state index contributed by atoms with van der Waals surface area (Å²) in [5.41, 5.74) is 2.54. The third-order valence-corrected chi connectivity index (χ3v) is 2.03. The Morgan fingerprint density at radius 2 is 2.36 bits per heavy atom. The summed E-state index contributed by atoms with van der Waals surface area (Å²) in [6.45, 7) is 1.04. The normalized spacial score (nSPS) is 13.9. The first kappa shape index (κ1) is 6.53. The lowest BCUT2D eigenvalue weighted by atomic mass is 10.1. The summed E-state index contributed by atoms with van der Waals surface area (Å²) in [4.78, 5) is 0. The van der Waals surface area contributed by atoms with E-state index in [1.54, 1.807) is 7.11 Å². The van der Waals surface area contributed by atoms with E-state index in [9.17, 15) is 0 Å². The average Bonchev–Trinajstić information content (AvgIpc) is 2.50. The number of nitrogens with one attached hydrogen (secondary N) is 1. The molecule has 1 N–H and O–H groups in total. The minimum absolute atomic E-state index is 0.958. The quantitative estimate of drug-likeness (QED) is 0.655. The summed E-state index contributed by atoms with van der Waals surface area (Å²) in [7, 11) is 1.70. The molecule has 0 spiro atoms. The van der Waals surface area contributed by atoms with Crippen LogP contribution in [0.5, 0.6) is 5.75 Å². The summed E-state index contributed by atoms with van der Waals surface area (Å²) in [6.07, 6.45) is 1.12. The van der Waals surface area contributed by atoms with Gasteiger partial charge >= 0.3 is 0 Å². The van der Waals surface area contributed by atoms with E-state index in [0.29, 0.717) is 0 Å². The van der Waals surface area contributed by atoms with Gasteiger partial charge in [0.25, 0.3) is 0 Å². The Hall–Kier alpha value is -1.18. The smallest absolute Gasteiger partial charge is 0.142 e. The van der Waals surface area contributed by atoms with Gasteiger partial charge < -0.3 is 10.1 Å². The SMILES string of the molecule is COc1cccc2c1NCC2. The first-order chi connectivity index (χ1) is 5.42. The van der Waals surface area contributed by atoms with Crippen molar-refractivity contribution < 1.29 is 4.74 Å². The maximum absolute atomic E-state index is 5.19. The van der Waals surface area contributed by atoms with Gasteiger partial charge in [-0.1, -0.05) is 12.1 Å². The highest BCUT2D eigenvalue weighted by atomic mass is 16.5. The van der Waals surface area contributed by atoms with Gasteiger partial charge in [0.15, 0.2) is 0 Å². The number of fused-ring (bicyclic) bond motifs is 1. The van der Waals surface area contributed by atoms with Crippen LogP contribution in [-0.4, -0.2) is 13.7 Å². The van der Waals surface area contributed by atoms with E-state index >= 15 is 0 Å². The molecule has 0 unspecified atom stereocenters. The van der Waals surface area contributed by atoms with Gasteiger partial charge in [0.05, 0.1) is 12.8 Å². The second kappa shape index (κ2) is 2.46. The Bertz CT molecular complexity index is 270. The molecule has 0 fully saturated rings. The third kappa shape index (κ3) is 0.946. The van der Waals surface area contributed by atoms with Crippen LogP contribution in [-0.2, 0) is 6.42 Å². The Labute approximate surface area is 66.2 Å². The highest BCUT2D eigenvalue weighted by Crippen LogP contribution is 2.31. The Morgan fingerprint density at radius 1 is 1.45 bits per heavy atom. The maximum Gasteiger partial charge on any atom is 0.142 e. The molecule has 1 heterocycles. The Morgan fingerprint density at radius 3 is 3.18 bits per heavy atom. The molecule has 2 heteroatoms. The number of hydrogen-bond acceptors (Lipinski definition) is 2. The molecule has 11 heavy (non-hydrogen) atoms. The van der Waals surface area contributed by atoms with Gasteiger partial charge in [-0.3, -0.25) is 0 Å². The first-order valence-electron chi connectivity index (χ1n) is 3.81. The molecule has 1 aliphatic heterocycles. The molecule has 0 aliphatic carbocycles. The van der Waals surface area contributed by atoms with Crippen LogP contribution in [0.25, 0.3) is 0 Å². The average molecular weight is 149 g/mol. The fourth-order valence-corrected chi connectivity index (χ4v) is 1.48. The summed E-state index contributed by atoms with van der Waals surface area (Å²) in [5, 5.41) is 3.29. The Kier molecular flexibility index (Phi) is 1.46. The van der Waals surface area contributed by atoms with Gasteiger partial charge in [0.1, 0.15) is 5.75 Å². The van der Waals surface area contributed by atoms with Crippen molar-refractivity contribution in [2.75, 3.05) is 19.0 Å². The van der Waals surface area contributed by atoms with Crippen molar-refractivity contribution >= 4 is 5.69 Å². The molecule has 1 aromatic rings. The minimum Gasteiger partial charge on any atom is -0.495 e. The first-order valence-corrected chi connectivity index (χ1v) is 3.81. The number of anilines is 1. The van der Waals surface area contributed by atoms with Crippen LogP contribution in [0.1, 0.15) is 5.56 Å². The lowest BCUT2D eigenvalue weighted by molar-refractivity contribution is 0.416. The Balaban J connectivity index is 2.50. The van der Waals surface area contributed by atoms with E-state index in [1.807, 2.05) is 12.1 Å². The van der Waals surface area contributed by atoms with E-state index in [0.717, 1.165) is 18.7 Å². The summed E-state index contributed by atoms with van der Waals surface area (Å²) in [6, 6.07) is 6.15. The zero-order chi connectivity index (χ0) is 7.68. The molecule has 58 valence electrons. The van der Waals surface area contributed by atoms with Crippen molar-refractivity contribution in [3.63, 3.8) is 0 Å². The predicted molar refractivity (Wildman–Crippen MR) is 45.2 cm³/mol. The summed E-state index contributed by atoms with van der Waals surface area (Å²) in [5.74, 6) is 0.958. The fourth-order valence-electron chi connectivity index (χ4n) is 1.48. The van der Waals surface area contributed by atoms with Gasteiger partial charge in [0.2, 0.25) is 0 Å². The van der Waals surface area contributed by atoms with Gasteiger partial charge in [0, 0.05) is 6.54 Å². The van der Waals surface area contributed by atoms with E-state index in [-0.39, 0.29) is 0 Å². The van der Waals surface area contributed by atoms with Gasteiger partial charge in [-0.15, -0.1) is 0 Å². The van der Waals surface area contributed by atoms with Crippen molar-refractivity contribution in [2.24, 2.45) is 0 Å². The lowest BCUT2D eigenvalue weighted by Crippen LogP contribution is -1.93. The molecule has 0 saturated heterocycles. The lowest BCUT2D eigenvalue weighted by Gasteiger charge is -2.05. The number of hydrogen-bond donors (Lipinski definition) is 1. The molecule has 2 rings (SSSR count). The second-order valence-electron chi connectivity index (χ2n) is 2.67. The maximum atomic E-state index is 5.19. The molecular weight excluding hydrogens is 138 g/mol. The molecule has 0 atom stereocenters. The van der Waals surface area contributed by atoms with Crippen LogP contribution in [0.4, 0.5) is 5.69 Å². The van der Waals surface area contributed by atoms with Crippen LogP contribution in [0.2, 0.25) is 0 Å². The predicted octanol–water partition coefficient (Wildman–Crippen LogP) is 1.66.